The van der Waals surface area contributed by atoms with E-state index in [1.807, 2.05) is 0 Å². The minimum atomic E-state index is 0.272. The molecule has 3 aromatic heterocycles. The van der Waals surface area contributed by atoms with Crippen LogP contribution in [0.3, 0.4) is 0 Å². The summed E-state index contributed by atoms with van der Waals surface area (Å²) < 4.78 is 7.51. The molecule has 0 unspecified atom stereocenters. The van der Waals surface area contributed by atoms with Crippen LogP contribution in [0.1, 0.15) is 30.2 Å². The topological polar surface area (TPSA) is 80.5 Å². The summed E-state index contributed by atoms with van der Waals surface area (Å²) in [5.74, 6) is 1.45. The van der Waals surface area contributed by atoms with Gasteiger partial charge in [0.1, 0.15) is 10.6 Å². The Bertz CT molecular complexity index is 914. The highest BCUT2D eigenvalue weighted by Gasteiger charge is 2.25. The van der Waals surface area contributed by atoms with Gasteiger partial charge in [-0.25, -0.2) is 0 Å². The number of aromatic nitrogens is 5. The number of tetrazole rings is 1. The third kappa shape index (κ3) is 2.57. The normalized spacial score (nSPS) is 21.2. The Morgan fingerprint density at radius 1 is 1.40 bits per heavy atom. The Morgan fingerprint density at radius 2 is 2.36 bits per heavy atom. The summed E-state index contributed by atoms with van der Waals surface area (Å²) >= 11 is 1.79. The molecule has 0 spiro atoms. The second-order valence-corrected chi connectivity index (χ2v) is 7.75. The van der Waals surface area contributed by atoms with Gasteiger partial charge < -0.3 is 10.1 Å². The third-order valence-electron chi connectivity index (χ3n) is 5.18. The van der Waals surface area contributed by atoms with Gasteiger partial charge in [-0.2, -0.15) is 9.50 Å². The molecule has 132 valence electrons. The number of fused-ring (bicyclic) bond motifs is 5. The number of rotatable bonds is 4. The highest BCUT2D eigenvalue weighted by atomic mass is 32.1. The Morgan fingerprint density at radius 3 is 3.20 bits per heavy atom. The minimum absolute atomic E-state index is 0.272. The van der Waals surface area contributed by atoms with Crippen molar-refractivity contribution in [1.82, 2.24) is 29.9 Å². The van der Waals surface area contributed by atoms with E-state index in [0.29, 0.717) is 5.78 Å². The van der Waals surface area contributed by atoms with E-state index in [4.69, 9.17) is 9.72 Å². The fraction of sp³-hybridized carbons (Fsp3) is 0.625. The number of likely N-dealkylation sites (N-methyl/N-ethyl adjacent to an activating group) is 1. The lowest BCUT2D eigenvalue weighted by Gasteiger charge is -2.25. The van der Waals surface area contributed by atoms with Gasteiger partial charge in [0.25, 0.3) is 5.78 Å². The van der Waals surface area contributed by atoms with Crippen molar-refractivity contribution in [2.45, 2.75) is 38.8 Å². The predicted molar refractivity (Wildman–Crippen MR) is 96.1 cm³/mol. The van der Waals surface area contributed by atoms with Crippen LogP contribution in [0.25, 0.3) is 16.0 Å². The average molecular weight is 359 g/mol. The van der Waals surface area contributed by atoms with Gasteiger partial charge in [0.2, 0.25) is 0 Å². The largest absolute Gasteiger partial charge is 0.376 e. The fourth-order valence-electron chi connectivity index (χ4n) is 3.79. The molecule has 0 radical (unpaired) electrons. The molecule has 0 aromatic carbocycles. The lowest BCUT2D eigenvalue weighted by molar-refractivity contribution is 0.120. The summed E-state index contributed by atoms with van der Waals surface area (Å²) in [7, 11) is 0. The third-order valence-corrected chi connectivity index (χ3v) is 6.37. The summed E-state index contributed by atoms with van der Waals surface area (Å²) in [6, 6.07) is 0. The van der Waals surface area contributed by atoms with Crippen molar-refractivity contribution < 1.29 is 4.74 Å². The van der Waals surface area contributed by atoms with Gasteiger partial charge >= 0.3 is 0 Å². The molecule has 25 heavy (non-hydrogen) atoms. The molecule has 1 saturated heterocycles. The van der Waals surface area contributed by atoms with Crippen LogP contribution in [0.4, 0.5) is 5.82 Å². The van der Waals surface area contributed by atoms with Crippen LogP contribution in [0.5, 0.6) is 0 Å². The van der Waals surface area contributed by atoms with Crippen molar-refractivity contribution in [2.75, 3.05) is 31.6 Å². The number of nitrogens with zero attached hydrogens (tertiary/aromatic N) is 6. The minimum Gasteiger partial charge on any atom is -0.376 e. The summed E-state index contributed by atoms with van der Waals surface area (Å²) in [6.07, 6.45) is 3.57. The van der Waals surface area contributed by atoms with Gasteiger partial charge in [0.15, 0.2) is 0 Å². The van der Waals surface area contributed by atoms with Crippen molar-refractivity contribution in [3.8, 4) is 0 Å². The highest BCUT2D eigenvalue weighted by Crippen LogP contribution is 2.38. The molecule has 0 bridgehead atoms. The highest BCUT2D eigenvalue weighted by molar-refractivity contribution is 7.19. The first-order chi connectivity index (χ1) is 12.3. The molecule has 1 N–H and O–H groups in total. The molecule has 9 heteroatoms. The number of nitrogens with one attached hydrogen (secondary N) is 1. The second kappa shape index (κ2) is 6.15. The number of thiophene rings is 1. The standard InChI is InChI=1S/C16H21N7OS/c1-2-22-6-5-11-12(9-22)25-15-13(11)14(17-8-10-4-3-7-24-10)18-16-19-20-21-23(15)16/h10H,2-9H2,1H3,(H,17,18,19,21)/t10-/m0/s1. The second-order valence-electron chi connectivity index (χ2n) is 6.67. The first kappa shape index (κ1) is 15.4. The van der Waals surface area contributed by atoms with E-state index >= 15 is 0 Å². The van der Waals surface area contributed by atoms with E-state index in [0.717, 1.165) is 62.7 Å². The molecular formula is C16H21N7OS. The van der Waals surface area contributed by atoms with Gasteiger partial charge in [0, 0.05) is 31.1 Å². The molecule has 1 atom stereocenters. The van der Waals surface area contributed by atoms with Crippen molar-refractivity contribution in [2.24, 2.45) is 0 Å². The zero-order chi connectivity index (χ0) is 16.8. The molecule has 5 heterocycles. The Hall–Kier alpha value is -1.84. The molecule has 5 rings (SSSR count). The van der Waals surface area contributed by atoms with Crippen LogP contribution in [-0.4, -0.2) is 62.3 Å². The molecule has 2 aliphatic rings. The molecule has 3 aromatic rings. The van der Waals surface area contributed by atoms with Crippen molar-refractivity contribution in [3.63, 3.8) is 0 Å². The Labute approximate surface area is 149 Å². The van der Waals surface area contributed by atoms with Gasteiger partial charge in [-0.3, -0.25) is 4.90 Å². The zero-order valence-electron chi connectivity index (χ0n) is 14.2. The number of hydrogen-bond acceptors (Lipinski definition) is 8. The number of ether oxygens (including phenoxy) is 1. The summed E-state index contributed by atoms with van der Waals surface area (Å²) in [5, 5.41) is 16.7. The van der Waals surface area contributed by atoms with Gasteiger partial charge in [0.05, 0.1) is 11.5 Å². The number of anilines is 1. The van der Waals surface area contributed by atoms with Crippen molar-refractivity contribution in [3.05, 3.63) is 10.4 Å². The van der Waals surface area contributed by atoms with Crippen LogP contribution in [0.15, 0.2) is 0 Å². The maximum absolute atomic E-state index is 5.74. The maximum Gasteiger partial charge on any atom is 0.276 e. The monoisotopic (exact) mass is 359 g/mol. The van der Waals surface area contributed by atoms with E-state index in [2.05, 4.69) is 32.7 Å². The smallest absolute Gasteiger partial charge is 0.276 e. The van der Waals surface area contributed by atoms with Gasteiger partial charge in [-0.05, 0) is 41.8 Å². The summed E-state index contributed by atoms with van der Waals surface area (Å²) in [6.45, 7) is 7.03. The Balaban J connectivity index is 1.60. The van der Waals surface area contributed by atoms with Crippen LogP contribution in [-0.2, 0) is 17.7 Å². The van der Waals surface area contributed by atoms with Crippen molar-refractivity contribution in [1.29, 1.82) is 0 Å². The van der Waals surface area contributed by atoms with Gasteiger partial charge in [-0.1, -0.05) is 12.0 Å². The summed E-state index contributed by atoms with van der Waals surface area (Å²) in [5.41, 5.74) is 1.41. The van der Waals surface area contributed by atoms with E-state index in [9.17, 15) is 0 Å². The van der Waals surface area contributed by atoms with Crippen LogP contribution >= 0.6 is 11.3 Å². The van der Waals surface area contributed by atoms with E-state index in [-0.39, 0.29) is 6.10 Å². The van der Waals surface area contributed by atoms with Crippen LogP contribution in [0, 0.1) is 0 Å². The predicted octanol–water partition coefficient (Wildman–Crippen LogP) is 1.70. The van der Waals surface area contributed by atoms with Crippen molar-refractivity contribution >= 4 is 33.1 Å². The molecule has 1 fully saturated rings. The van der Waals surface area contributed by atoms with Crippen LogP contribution in [0.2, 0.25) is 0 Å². The number of hydrogen-bond donors (Lipinski definition) is 1. The van der Waals surface area contributed by atoms with Crippen LogP contribution < -0.4 is 5.32 Å². The average Bonchev–Trinajstić information content (AvgIpc) is 3.36. The first-order valence-electron chi connectivity index (χ1n) is 8.93. The fourth-order valence-corrected chi connectivity index (χ4v) is 5.12. The lowest BCUT2D eigenvalue weighted by Crippen LogP contribution is -2.29. The molecule has 2 aliphatic heterocycles. The summed E-state index contributed by atoms with van der Waals surface area (Å²) in [4.78, 5) is 9.67. The van der Waals surface area contributed by atoms with E-state index in [1.54, 1.807) is 15.9 Å². The molecule has 0 amide bonds. The van der Waals surface area contributed by atoms with E-state index < -0.39 is 0 Å². The first-order valence-corrected chi connectivity index (χ1v) is 9.75. The lowest BCUT2D eigenvalue weighted by atomic mass is 10.0. The Kier molecular flexibility index (Phi) is 3.79. The van der Waals surface area contributed by atoms with Gasteiger partial charge in [-0.15, -0.1) is 11.3 Å². The zero-order valence-corrected chi connectivity index (χ0v) is 15.1. The quantitative estimate of drug-likeness (QED) is 0.759. The molecule has 0 saturated carbocycles. The molecule has 8 nitrogen and oxygen atoms in total. The molecule has 0 aliphatic carbocycles. The SMILES string of the molecule is CCN1CCc2c(sc3c2c(NC[C@@H]2CCCO2)nc2nnnn23)C1. The maximum atomic E-state index is 5.74. The molecular weight excluding hydrogens is 338 g/mol. The van der Waals surface area contributed by atoms with E-state index in [1.165, 1.54) is 15.8 Å².